The summed E-state index contributed by atoms with van der Waals surface area (Å²) in [7, 11) is -0.456. The number of rotatable bonds is 7. The first-order valence-corrected chi connectivity index (χ1v) is 11.1. The van der Waals surface area contributed by atoms with E-state index in [2.05, 4.69) is 0 Å². The first kappa shape index (κ1) is 22.1. The van der Waals surface area contributed by atoms with E-state index in [1.165, 1.54) is 24.5 Å². The lowest BCUT2D eigenvalue weighted by atomic mass is 10.0. The van der Waals surface area contributed by atoms with Gasteiger partial charge in [-0.05, 0) is 49.8 Å². The number of aryl methyl sites for hydroxylation is 1. The summed E-state index contributed by atoms with van der Waals surface area (Å²) in [6.45, 7) is 4.12. The zero-order valence-electron chi connectivity index (χ0n) is 17.7. The minimum atomic E-state index is -3.47. The minimum absolute atomic E-state index is 0.101. The highest BCUT2D eigenvalue weighted by Crippen LogP contribution is 2.28. The Labute approximate surface area is 176 Å². The summed E-state index contributed by atoms with van der Waals surface area (Å²) in [5.41, 5.74) is 10.9. The van der Waals surface area contributed by atoms with E-state index in [1.807, 2.05) is 42.7 Å². The molecule has 3 rings (SSSR count). The van der Waals surface area contributed by atoms with Crippen molar-refractivity contribution in [2.45, 2.75) is 31.7 Å². The molecule has 30 heavy (non-hydrogen) atoms. The fourth-order valence-electron chi connectivity index (χ4n) is 3.46. The van der Waals surface area contributed by atoms with Crippen molar-refractivity contribution in [3.63, 3.8) is 0 Å². The summed E-state index contributed by atoms with van der Waals surface area (Å²) in [4.78, 5) is 4.95. The third-order valence-corrected chi connectivity index (χ3v) is 6.99. The predicted molar refractivity (Wildman–Crippen MR) is 118 cm³/mol. The number of allylic oxidation sites excluding steroid dienone is 1. The molecule has 0 bridgehead atoms. The fourth-order valence-corrected chi connectivity index (χ4v) is 4.36. The molecule has 0 aliphatic rings. The molecule has 0 atom stereocenters. The van der Waals surface area contributed by atoms with Crippen LogP contribution in [0.3, 0.4) is 0 Å². The van der Waals surface area contributed by atoms with Gasteiger partial charge >= 0.3 is 0 Å². The van der Waals surface area contributed by atoms with Crippen molar-refractivity contribution < 1.29 is 12.8 Å². The molecule has 2 N–H and O–H groups in total. The van der Waals surface area contributed by atoms with Crippen LogP contribution >= 0.6 is 0 Å². The van der Waals surface area contributed by atoms with Crippen molar-refractivity contribution in [2.75, 3.05) is 20.6 Å². The summed E-state index contributed by atoms with van der Waals surface area (Å²) >= 11 is 0. The van der Waals surface area contributed by atoms with Crippen LogP contribution in [-0.4, -0.2) is 42.9 Å². The summed E-state index contributed by atoms with van der Waals surface area (Å²) in [6, 6.07) is 10.7. The second kappa shape index (κ2) is 8.67. The molecule has 160 valence electrons. The van der Waals surface area contributed by atoms with E-state index in [1.54, 1.807) is 12.1 Å². The molecule has 0 spiro atoms. The van der Waals surface area contributed by atoms with Crippen molar-refractivity contribution in [2.24, 2.45) is 5.73 Å². The molecule has 0 aliphatic carbocycles. The third kappa shape index (κ3) is 4.30. The SMILES string of the molecule is Cc1ccc2c(n1)c(Cc1ccc(S(=O)(=O)N(C)C)cc1)c(C)n2C/C(F)=C/CN. The summed E-state index contributed by atoms with van der Waals surface area (Å²) in [6.07, 6.45) is 1.94. The summed E-state index contributed by atoms with van der Waals surface area (Å²) in [5, 5.41) is 0. The van der Waals surface area contributed by atoms with Gasteiger partial charge in [0, 0.05) is 44.0 Å². The molecule has 3 aromatic rings. The van der Waals surface area contributed by atoms with Gasteiger partial charge in [-0.3, -0.25) is 4.98 Å². The Hall–Kier alpha value is -2.55. The van der Waals surface area contributed by atoms with Crippen molar-refractivity contribution in [1.29, 1.82) is 0 Å². The van der Waals surface area contributed by atoms with Crippen LogP contribution < -0.4 is 5.73 Å². The van der Waals surface area contributed by atoms with Gasteiger partial charge in [0.1, 0.15) is 5.83 Å². The number of pyridine rings is 1. The first-order valence-electron chi connectivity index (χ1n) is 9.66. The molecule has 0 saturated heterocycles. The third-order valence-electron chi connectivity index (χ3n) is 5.16. The molecule has 0 radical (unpaired) electrons. The van der Waals surface area contributed by atoms with Crippen molar-refractivity contribution in [3.8, 4) is 0 Å². The summed E-state index contributed by atoms with van der Waals surface area (Å²) < 4.78 is 41.9. The zero-order valence-corrected chi connectivity index (χ0v) is 18.5. The van der Waals surface area contributed by atoms with Crippen LogP contribution in [0, 0.1) is 13.8 Å². The standard InChI is InChI=1S/C22H27FN4O2S/c1-15-5-10-21-22(25-15)20(16(2)27(21)14-18(23)11-12-24)13-17-6-8-19(9-7-17)30(28,29)26(3)4/h5-11H,12-14,24H2,1-4H3/b18-11-. The number of sulfonamides is 1. The number of hydrogen-bond acceptors (Lipinski definition) is 4. The minimum Gasteiger partial charge on any atom is -0.336 e. The van der Waals surface area contributed by atoms with E-state index >= 15 is 0 Å². The van der Waals surface area contributed by atoms with Crippen molar-refractivity contribution >= 4 is 21.1 Å². The van der Waals surface area contributed by atoms with Gasteiger partial charge in [0.25, 0.3) is 0 Å². The van der Waals surface area contributed by atoms with Gasteiger partial charge < -0.3 is 10.3 Å². The number of hydrogen-bond donors (Lipinski definition) is 1. The van der Waals surface area contributed by atoms with Crippen LogP contribution in [0.1, 0.15) is 22.5 Å². The predicted octanol–water partition coefficient (Wildman–Crippen LogP) is 3.31. The van der Waals surface area contributed by atoms with Crippen LogP contribution in [0.25, 0.3) is 11.0 Å². The normalized spacial score (nSPS) is 12.8. The van der Waals surface area contributed by atoms with Gasteiger partial charge in [0.2, 0.25) is 10.0 Å². The van der Waals surface area contributed by atoms with Crippen molar-refractivity contribution in [1.82, 2.24) is 13.9 Å². The van der Waals surface area contributed by atoms with Crippen LogP contribution in [0.2, 0.25) is 0 Å². The molecular weight excluding hydrogens is 403 g/mol. The van der Waals surface area contributed by atoms with Crippen LogP contribution in [0.15, 0.2) is 53.2 Å². The molecule has 2 aromatic heterocycles. The average Bonchev–Trinajstić information content (AvgIpc) is 2.93. The maximum Gasteiger partial charge on any atom is 0.242 e. The lowest BCUT2D eigenvalue weighted by Crippen LogP contribution is -2.22. The number of aromatic nitrogens is 2. The van der Waals surface area contributed by atoms with E-state index in [-0.39, 0.29) is 23.8 Å². The average molecular weight is 431 g/mol. The van der Waals surface area contributed by atoms with Gasteiger partial charge in [0.05, 0.1) is 22.5 Å². The second-order valence-corrected chi connectivity index (χ2v) is 9.62. The van der Waals surface area contributed by atoms with Gasteiger partial charge in [-0.1, -0.05) is 12.1 Å². The maximum atomic E-state index is 14.2. The Morgan fingerprint density at radius 2 is 1.83 bits per heavy atom. The fraction of sp³-hybridized carbons (Fsp3) is 0.318. The Kier molecular flexibility index (Phi) is 6.40. The Balaban J connectivity index is 2.03. The van der Waals surface area contributed by atoms with E-state index in [0.717, 1.165) is 33.5 Å². The topological polar surface area (TPSA) is 81.2 Å². The molecular formula is C22H27FN4O2S. The first-order chi connectivity index (χ1) is 14.1. The highest BCUT2D eigenvalue weighted by atomic mass is 32.2. The molecule has 0 amide bonds. The number of halogens is 1. The van der Waals surface area contributed by atoms with E-state index < -0.39 is 10.0 Å². The smallest absolute Gasteiger partial charge is 0.242 e. The van der Waals surface area contributed by atoms with E-state index in [4.69, 9.17) is 10.7 Å². The zero-order chi connectivity index (χ0) is 22.1. The highest BCUT2D eigenvalue weighted by molar-refractivity contribution is 7.89. The van der Waals surface area contributed by atoms with Crippen LogP contribution in [-0.2, 0) is 23.0 Å². The van der Waals surface area contributed by atoms with Crippen LogP contribution in [0.5, 0.6) is 0 Å². The molecule has 0 unspecified atom stereocenters. The van der Waals surface area contributed by atoms with E-state index in [0.29, 0.717) is 6.42 Å². The number of nitrogens with zero attached hydrogens (tertiary/aromatic N) is 3. The lowest BCUT2D eigenvalue weighted by molar-refractivity contribution is 0.520. The largest absolute Gasteiger partial charge is 0.336 e. The molecule has 0 fully saturated rings. The molecule has 8 heteroatoms. The molecule has 0 aliphatic heterocycles. The molecule has 0 saturated carbocycles. The number of nitrogens with two attached hydrogens (primary N) is 1. The van der Waals surface area contributed by atoms with Crippen LogP contribution in [0.4, 0.5) is 4.39 Å². The van der Waals surface area contributed by atoms with Crippen molar-refractivity contribution in [3.05, 3.63) is 70.8 Å². The van der Waals surface area contributed by atoms with Gasteiger partial charge in [-0.15, -0.1) is 0 Å². The number of fused-ring (bicyclic) bond motifs is 1. The maximum absolute atomic E-state index is 14.2. The second-order valence-electron chi connectivity index (χ2n) is 7.47. The molecule has 2 heterocycles. The highest BCUT2D eigenvalue weighted by Gasteiger charge is 2.19. The Bertz CT molecular complexity index is 1200. The Morgan fingerprint density at radius 1 is 1.17 bits per heavy atom. The quantitative estimate of drug-likeness (QED) is 0.624. The van der Waals surface area contributed by atoms with E-state index in [9.17, 15) is 12.8 Å². The van der Waals surface area contributed by atoms with Gasteiger partial charge in [-0.25, -0.2) is 17.1 Å². The number of benzene rings is 1. The molecule has 6 nitrogen and oxygen atoms in total. The van der Waals surface area contributed by atoms with Gasteiger partial charge in [-0.2, -0.15) is 0 Å². The monoisotopic (exact) mass is 430 g/mol. The summed E-state index contributed by atoms with van der Waals surface area (Å²) in [5.74, 6) is -0.289. The molecule has 1 aromatic carbocycles. The lowest BCUT2D eigenvalue weighted by Gasteiger charge is -2.12. The Morgan fingerprint density at radius 3 is 2.43 bits per heavy atom. The van der Waals surface area contributed by atoms with Gasteiger partial charge in [0.15, 0.2) is 0 Å².